The molecular formula is C18H22N2O2S2. The molecule has 0 radical (unpaired) electrons. The van der Waals surface area contributed by atoms with Crippen LogP contribution in [-0.4, -0.2) is 19.8 Å². The Morgan fingerprint density at radius 1 is 1.08 bits per heavy atom. The van der Waals surface area contributed by atoms with Crippen LogP contribution in [0, 0.1) is 13.8 Å². The summed E-state index contributed by atoms with van der Waals surface area (Å²) in [5, 5.41) is 6.96. The normalized spacial score (nSPS) is 12.5. The maximum Gasteiger partial charge on any atom is 0.175 e. The van der Waals surface area contributed by atoms with E-state index in [0.29, 0.717) is 10.0 Å². The van der Waals surface area contributed by atoms with Crippen molar-refractivity contribution in [3.8, 4) is 0 Å². The Morgan fingerprint density at radius 2 is 1.71 bits per heavy atom. The first-order valence-electron chi connectivity index (χ1n) is 7.61. The molecule has 6 heteroatoms. The minimum atomic E-state index is -3.18. The molecule has 0 aliphatic rings. The fourth-order valence-corrected chi connectivity index (χ4v) is 3.23. The number of hydrogen-bond donors (Lipinski definition) is 2. The summed E-state index contributed by atoms with van der Waals surface area (Å²) < 4.78 is 23.0. The predicted octanol–water partition coefficient (Wildman–Crippen LogP) is 3.75. The number of rotatable bonds is 4. The molecular weight excluding hydrogens is 340 g/mol. The van der Waals surface area contributed by atoms with E-state index in [-0.39, 0.29) is 6.04 Å². The molecule has 2 N–H and O–H groups in total. The number of thiocarbonyl (C=S) groups is 1. The summed E-state index contributed by atoms with van der Waals surface area (Å²) in [6.45, 7) is 6.04. The van der Waals surface area contributed by atoms with Crippen molar-refractivity contribution in [1.29, 1.82) is 0 Å². The average molecular weight is 363 g/mol. The summed E-state index contributed by atoms with van der Waals surface area (Å²) in [6, 6.07) is 13.0. The third kappa shape index (κ3) is 4.79. The van der Waals surface area contributed by atoms with Crippen molar-refractivity contribution in [2.45, 2.75) is 31.7 Å². The highest BCUT2D eigenvalue weighted by Crippen LogP contribution is 2.18. The summed E-state index contributed by atoms with van der Waals surface area (Å²) in [7, 11) is -3.18. The molecule has 2 rings (SSSR count). The lowest BCUT2D eigenvalue weighted by atomic mass is 10.1. The Morgan fingerprint density at radius 3 is 2.29 bits per heavy atom. The summed E-state index contributed by atoms with van der Waals surface area (Å²) >= 11 is 5.38. The van der Waals surface area contributed by atoms with Crippen LogP contribution in [0.25, 0.3) is 0 Å². The molecule has 0 unspecified atom stereocenters. The predicted molar refractivity (Wildman–Crippen MR) is 103 cm³/mol. The van der Waals surface area contributed by atoms with Crippen molar-refractivity contribution in [3.05, 3.63) is 59.2 Å². The van der Waals surface area contributed by atoms with Gasteiger partial charge in [-0.3, -0.25) is 0 Å². The molecule has 0 fully saturated rings. The molecule has 128 valence electrons. The lowest BCUT2D eigenvalue weighted by Crippen LogP contribution is -2.31. The second kappa shape index (κ2) is 7.32. The van der Waals surface area contributed by atoms with Gasteiger partial charge in [-0.25, -0.2) is 8.42 Å². The lowest BCUT2D eigenvalue weighted by molar-refractivity contribution is 0.601. The van der Waals surface area contributed by atoms with E-state index in [1.807, 2.05) is 26.8 Å². The zero-order chi connectivity index (χ0) is 17.9. The minimum Gasteiger partial charge on any atom is -0.356 e. The van der Waals surface area contributed by atoms with E-state index in [4.69, 9.17) is 12.2 Å². The van der Waals surface area contributed by atoms with E-state index >= 15 is 0 Å². The lowest BCUT2D eigenvalue weighted by Gasteiger charge is -2.18. The molecule has 0 aliphatic heterocycles. The van der Waals surface area contributed by atoms with Gasteiger partial charge < -0.3 is 10.6 Å². The number of anilines is 1. The molecule has 0 amide bonds. The van der Waals surface area contributed by atoms with E-state index < -0.39 is 9.84 Å². The summed E-state index contributed by atoms with van der Waals surface area (Å²) in [5.74, 6) is 0. The van der Waals surface area contributed by atoms with Crippen LogP contribution in [0.1, 0.15) is 29.7 Å². The Hall–Kier alpha value is -1.92. The van der Waals surface area contributed by atoms with Gasteiger partial charge in [-0.2, -0.15) is 0 Å². The molecule has 0 spiro atoms. The van der Waals surface area contributed by atoms with Crippen molar-refractivity contribution < 1.29 is 8.42 Å². The van der Waals surface area contributed by atoms with E-state index in [2.05, 4.69) is 22.8 Å². The fraction of sp³-hybridized carbons (Fsp3) is 0.278. The quantitative estimate of drug-likeness (QED) is 0.811. The monoisotopic (exact) mass is 362 g/mol. The SMILES string of the molecule is Cc1ccc(C)c(NC(=S)N[C@H](C)c2ccc(S(C)(=O)=O)cc2)c1. The van der Waals surface area contributed by atoms with Crippen molar-refractivity contribution in [2.24, 2.45) is 0 Å². The van der Waals surface area contributed by atoms with Crippen molar-refractivity contribution in [1.82, 2.24) is 5.32 Å². The van der Waals surface area contributed by atoms with Gasteiger partial charge in [0, 0.05) is 11.9 Å². The smallest absolute Gasteiger partial charge is 0.175 e. The molecule has 24 heavy (non-hydrogen) atoms. The molecule has 0 heterocycles. The van der Waals surface area contributed by atoms with Crippen LogP contribution >= 0.6 is 12.2 Å². The molecule has 4 nitrogen and oxygen atoms in total. The van der Waals surface area contributed by atoms with Crippen LogP contribution in [0.15, 0.2) is 47.4 Å². The Labute approximate surface area is 149 Å². The standard InChI is InChI=1S/C18H22N2O2S2/c1-12-5-6-13(2)17(11-12)20-18(23)19-14(3)15-7-9-16(10-8-15)24(4,21)22/h5-11,14H,1-4H3,(H2,19,20,23)/t14-/m1/s1. The van der Waals surface area contributed by atoms with Gasteiger partial charge in [0.2, 0.25) is 0 Å². The third-order valence-electron chi connectivity index (χ3n) is 3.80. The molecule has 0 saturated heterocycles. The topological polar surface area (TPSA) is 58.2 Å². The van der Waals surface area contributed by atoms with Gasteiger partial charge in [-0.05, 0) is 67.9 Å². The zero-order valence-corrected chi connectivity index (χ0v) is 15.9. The van der Waals surface area contributed by atoms with Crippen LogP contribution in [0.3, 0.4) is 0 Å². The number of hydrogen-bond acceptors (Lipinski definition) is 3. The number of nitrogens with one attached hydrogen (secondary N) is 2. The highest BCUT2D eigenvalue weighted by atomic mass is 32.2. The van der Waals surface area contributed by atoms with Gasteiger partial charge in [-0.15, -0.1) is 0 Å². The second-order valence-electron chi connectivity index (χ2n) is 5.98. The number of benzene rings is 2. The van der Waals surface area contributed by atoms with Crippen LogP contribution < -0.4 is 10.6 Å². The van der Waals surface area contributed by atoms with E-state index in [9.17, 15) is 8.42 Å². The Bertz CT molecular complexity index is 844. The summed E-state index contributed by atoms with van der Waals surface area (Å²) in [6.07, 6.45) is 1.20. The highest BCUT2D eigenvalue weighted by molar-refractivity contribution is 7.90. The molecule has 2 aromatic rings. The van der Waals surface area contributed by atoms with Crippen molar-refractivity contribution in [3.63, 3.8) is 0 Å². The first-order chi connectivity index (χ1) is 11.2. The second-order valence-corrected chi connectivity index (χ2v) is 8.40. The van der Waals surface area contributed by atoms with Crippen LogP contribution in [0.5, 0.6) is 0 Å². The average Bonchev–Trinajstić information content (AvgIpc) is 2.50. The largest absolute Gasteiger partial charge is 0.356 e. The van der Waals surface area contributed by atoms with Gasteiger partial charge in [0.15, 0.2) is 14.9 Å². The Balaban J connectivity index is 2.05. The fourth-order valence-electron chi connectivity index (χ4n) is 2.31. The van der Waals surface area contributed by atoms with Crippen LogP contribution in [0.2, 0.25) is 0 Å². The van der Waals surface area contributed by atoms with Crippen LogP contribution in [-0.2, 0) is 9.84 Å². The number of aryl methyl sites for hydroxylation is 2. The van der Waals surface area contributed by atoms with Gasteiger partial charge in [0.25, 0.3) is 0 Å². The maximum absolute atomic E-state index is 11.5. The first-order valence-corrected chi connectivity index (χ1v) is 9.91. The molecule has 0 aliphatic carbocycles. The van der Waals surface area contributed by atoms with E-state index in [1.54, 1.807) is 24.3 Å². The van der Waals surface area contributed by atoms with E-state index in [0.717, 1.165) is 22.4 Å². The summed E-state index contributed by atoms with van der Waals surface area (Å²) in [4.78, 5) is 0.314. The van der Waals surface area contributed by atoms with Crippen molar-refractivity contribution >= 4 is 32.9 Å². The van der Waals surface area contributed by atoms with Gasteiger partial charge in [0.1, 0.15) is 0 Å². The molecule has 1 atom stereocenters. The molecule has 0 aromatic heterocycles. The third-order valence-corrected chi connectivity index (χ3v) is 5.15. The van der Waals surface area contributed by atoms with Gasteiger partial charge in [-0.1, -0.05) is 24.3 Å². The maximum atomic E-state index is 11.5. The zero-order valence-electron chi connectivity index (χ0n) is 14.3. The van der Waals surface area contributed by atoms with Crippen molar-refractivity contribution in [2.75, 3.05) is 11.6 Å². The summed E-state index contributed by atoms with van der Waals surface area (Å²) in [5.41, 5.74) is 4.23. The molecule has 0 bridgehead atoms. The Kier molecular flexibility index (Phi) is 5.62. The van der Waals surface area contributed by atoms with Crippen LogP contribution in [0.4, 0.5) is 5.69 Å². The molecule has 0 saturated carbocycles. The highest BCUT2D eigenvalue weighted by Gasteiger charge is 2.11. The number of sulfone groups is 1. The first kappa shape index (κ1) is 18.4. The minimum absolute atomic E-state index is 0.0382. The van der Waals surface area contributed by atoms with E-state index in [1.165, 1.54) is 6.26 Å². The molecule has 2 aromatic carbocycles. The van der Waals surface area contributed by atoms with Gasteiger partial charge >= 0.3 is 0 Å². The van der Waals surface area contributed by atoms with Gasteiger partial charge in [0.05, 0.1) is 10.9 Å².